The minimum absolute atomic E-state index is 0.212. The number of hydrogen-bond donors (Lipinski definition) is 0. The topological polar surface area (TPSA) is 63.5 Å². The average molecular weight is 381 g/mol. The molecule has 0 aliphatic carbocycles. The molecule has 2 aliphatic heterocycles. The first-order valence-electron chi connectivity index (χ1n) is 9.81. The van der Waals surface area contributed by atoms with Crippen LogP contribution in [0.2, 0.25) is 0 Å². The van der Waals surface area contributed by atoms with Crippen LogP contribution >= 0.6 is 0 Å². The van der Waals surface area contributed by atoms with Crippen molar-refractivity contribution < 1.29 is 9.53 Å². The highest BCUT2D eigenvalue weighted by molar-refractivity contribution is 5.80. The van der Waals surface area contributed by atoms with Gasteiger partial charge < -0.3 is 9.64 Å². The smallest absolute Gasteiger partial charge is 0.237 e. The molecule has 1 amide bonds. The molecular formula is C21H27N5O2. The maximum atomic E-state index is 12.6. The van der Waals surface area contributed by atoms with Crippen LogP contribution in [-0.4, -0.2) is 76.4 Å². The summed E-state index contributed by atoms with van der Waals surface area (Å²) in [4.78, 5) is 21.0. The third-order valence-corrected chi connectivity index (χ3v) is 5.60. The third-order valence-electron chi connectivity index (χ3n) is 5.60. The lowest BCUT2D eigenvalue weighted by Crippen LogP contribution is -2.41. The van der Waals surface area contributed by atoms with Gasteiger partial charge in [0.1, 0.15) is 6.33 Å². The number of amides is 1. The van der Waals surface area contributed by atoms with E-state index in [1.807, 2.05) is 11.9 Å². The maximum absolute atomic E-state index is 12.6. The number of aromatic nitrogens is 3. The summed E-state index contributed by atoms with van der Waals surface area (Å²) in [6, 6.07) is 8.35. The molecule has 0 unspecified atom stereocenters. The minimum Gasteiger partial charge on any atom is -0.380 e. The molecule has 1 fully saturated rings. The van der Waals surface area contributed by atoms with Crippen molar-refractivity contribution in [1.29, 1.82) is 0 Å². The second kappa shape index (κ2) is 8.24. The summed E-state index contributed by atoms with van der Waals surface area (Å²) in [5.74, 6) is 0.949. The zero-order valence-electron chi connectivity index (χ0n) is 16.5. The zero-order chi connectivity index (χ0) is 19.5. The van der Waals surface area contributed by atoms with Crippen LogP contribution in [0.4, 0.5) is 0 Å². The number of rotatable bonds is 5. The first-order valence-corrected chi connectivity index (χ1v) is 9.81. The predicted octanol–water partition coefficient (Wildman–Crippen LogP) is 1.82. The number of carbonyl (C=O) groups excluding carboxylic acids is 1. The molecule has 4 rings (SSSR count). The third kappa shape index (κ3) is 4.15. The van der Waals surface area contributed by atoms with E-state index in [1.54, 1.807) is 18.1 Å². The van der Waals surface area contributed by atoms with Gasteiger partial charge in [0.15, 0.2) is 5.82 Å². The van der Waals surface area contributed by atoms with Crippen molar-refractivity contribution in [2.24, 2.45) is 7.05 Å². The first kappa shape index (κ1) is 18.8. The second-order valence-electron chi connectivity index (χ2n) is 7.52. The van der Waals surface area contributed by atoms with Gasteiger partial charge >= 0.3 is 0 Å². The van der Waals surface area contributed by atoms with Crippen molar-refractivity contribution in [3.63, 3.8) is 0 Å². The van der Waals surface area contributed by atoms with E-state index in [-0.39, 0.29) is 12.0 Å². The fraction of sp³-hybridized carbons (Fsp3) is 0.476. The van der Waals surface area contributed by atoms with E-state index in [9.17, 15) is 4.79 Å². The lowest BCUT2D eigenvalue weighted by atomic mass is 9.98. The predicted molar refractivity (Wildman–Crippen MR) is 107 cm³/mol. The van der Waals surface area contributed by atoms with Gasteiger partial charge in [0.25, 0.3) is 0 Å². The van der Waals surface area contributed by atoms with E-state index in [4.69, 9.17) is 4.74 Å². The average Bonchev–Trinajstić information content (AvgIpc) is 3.37. The Bertz CT molecular complexity index is 858. The van der Waals surface area contributed by atoms with Crippen molar-refractivity contribution in [2.45, 2.75) is 18.9 Å². The lowest BCUT2D eigenvalue weighted by Gasteiger charge is -2.28. The summed E-state index contributed by atoms with van der Waals surface area (Å²) in [5, 5.41) is 4.34. The van der Waals surface area contributed by atoms with Gasteiger partial charge in [-0.15, -0.1) is 0 Å². The highest BCUT2D eigenvalue weighted by Crippen LogP contribution is 2.25. The molecular weight excluding hydrogens is 354 g/mol. The molecule has 7 heteroatoms. The van der Waals surface area contributed by atoms with Gasteiger partial charge in [0.05, 0.1) is 12.6 Å². The number of likely N-dealkylation sites (tertiary alicyclic amines) is 1. The fourth-order valence-corrected chi connectivity index (χ4v) is 3.89. The van der Waals surface area contributed by atoms with Gasteiger partial charge in [-0.1, -0.05) is 30.3 Å². The normalized spacial score (nSPS) is 20.4. The Morgan fingerprint density at radius 3 is 2.61 bits per heavy atom. The quantitative estimate of drug-likeness (QED) is 0.791. The molecule has 2 aliphatic rings. The van der Waals surface area contributed by atoms with Gasteiger partial charge in [0.2, 0.25) is 5.91 Å². The van der Waals surface area contributed by atoms with Crippen LogP contribution in [0.25, 0.3) is 17.0 Å². The standard InChI is InChI=1S/C21H27N5O2/c1-24-15-22-21(23-24)18-5-3-16(4-6-18)17-7-11-26(12-8-17)20(27)14-25-10-9-19(13-25)28-2/h3-7,15,19H,8-14H2,1-2H3/t19-/m0/s1. The zero-order valence-corrected chi connectivity index (χ0v) is 16.5. The maximum Gasteiger partial charge on any atom is 0.237 e. The van der Waals surface area contributed by atoms with Crippen LogP contribution in [0, 0.1) is 0 Å². The summed E-state index contributed by atoms with van der Waals surface area (Å²) in [6.07, 6.45) is 6.05. The SMILES string of the molecule is CO[C@H]1CCN(CC(=O)N2CC=C(c3ccc(-c4ncn(C)n4)cc3)CC2)C1. The summed E-state index contributed by atoms with van der Waals surface area (Å²) < 4.78 is 7.09. The van der Waals surface area contributed by atoms with E-state index < -0.39 is 0 Å². The number of hydrogen-bond acceptors (Lipinski definition) is 5. The van der Waals surface area contributed by atoms with Crippen molar-refractivity contribution >= 4 is 11.5 Å². The molecule has 1 atom stereocenters. The van der Waals surface area contributed by atoms with Crippen LogP contribution in [0.1, 0.15) is 18.4 Å². The van der Waals surface area contributed by atoms with Crippen LogP contribution in [0.5, 0.6) is 0 Å². The van der Waals surface area contributed by atoms with Gasteiger partial charge in [-0.05, 0) is 24.0 Å². The van der Waals surface area contributed by atoms with Crippen molar-refractivity contribution in [1.82, 2.24) is 24.6 Å². The molecule has 28 heavy (non-hydrogen) atoms. The highest BCUT2D eigenvalue weighted by Gasteiger charge is 2.26. The van der Waals surface area contributed by atoms with Crippen molar-refractivity contribution in [2.75, 3.05) is 39.8 Å². The van der Waals surface area contributed by atoms with Crippen molar-refractivity contribution in [3.05, 3.63) is 42.2 Å². The summed E-state index contributed by atoms with van der Waals surface area (Å²) >= 11 is 0. The number of benzene rings is 1. The van der Waals surface area contributed by atoms with Crippen LogP contribution in [0.3, 0.4) is 0 Å². The van der Waals surface area contributed by atoms with Crippen LogP contribution < -0.4 is 0 Å². The molecule has 0 saturated carbocycles. The Morgan fingerprint density at radius 2 is 2.00 bits per heavy atom. The number of carbonyl (C=O) groups is 1. The highest BCUT2D eigenvalue weighted by atomic mass is 16.5. The Kier molecular flexibility index (Phi) is 5.54. The molecule has 3 heterocycles. The Morgan fingerprint density at radius 1 is 1.21 bits per heavy atom. The summed E-state index contributed by atoms with van der Waals surface area (Å²) in [5.41, 5.74) is 3.51. The molecule has 0 radical (unpaired) electrons. The van der Waals surface area contributed by atoms with E-state index in [1.165, 1.54) is 11.1 Å². The van der Waals surface area contributed by atoms with Crippen molar-refractivity contribution in [3.8, 4) is 11.4 Å². The fourth-order valence-electron chi connectivity index (χ4n) is 3.89. The monoisotopic (exact) mass is 381 g/mol. The lowest BCUT2D eigenvalue weighted by molar-refractivity contribution is -0.131. The second-order valence-corrected chi connectivity index (χ2v) is 7.52. The molecule has 1 aromatic heterocycles. The number of aryl methyl sites for hydroxylation is 1. The number of nitrogens with zero attached hydrogens (tertiary/aromatic N) is 5. The van der Waals surface area contributed by atoms with E-state index in [0.717, 1.165) is 43.9 Å². The van der Waals surface area contributed by atoms with Gasteiger partial charge in [0, 0.05) is 45.9 Å². The molecule has 0 N–H and O–H groups in total. The molecule has 2 aromatic rings. The Balaban J connectivity index is 1.34. The van der Waals surface area contributed by atoms with Gasteiger partial charge in [-0.3, -0.25) is 14.4 Å². The summed E-state index contributed by atoms with van der Waals surface area (Å²) in [7, 11) is 3.61. The van der Waals surface area contributed by atoms with Gasteiger partial charge in [-0.25, -0.2) is 4.98 Å². The summed E-state index contributed by atoms with van der Waals surface area (Å²) in [6.45, 7) is 3.75. The molecule has 1 aromatic carbocycles. The molecule has 1 saturated heterocycles. The molecule has 0 spiro atoms. The van der Waals surface area contributed by atoms with E-state index >= 15 is 0 Å². The molecule has 0 bridgehead atoms. The van der Waals surface area contributed by atoms with Crippen LogP contribution in [0.15, 0.2) is 36.7 Å². The molecule has 148 valence electrons. The van der Waals surface area contributed by atoms with Gasteiger partial charge in [-0.2, -0.15) is 5.10 Å². The Hall–Kier alpha value is -2.51. The number of ether oxygens (including phenoxy) is 1. The molecule has 7 nitrogen and oxygen atoms in total. The van der Waals surface area contributed by atoms with E-state index in [0.29, 0.717) is 13.1 Å². The first-order chi connectivity index (χ1) is 13.6. The number of methoxy groups -OCH3 is 1. The Labute approximate surface area is 165 Å². The van der Waals surface area contributed by atoms with Crippen LogP contribution in [-0.2, 0) is 16.6 Å². The van der Waals surface area contributed by atoms with E-state index in [2.05, 4.69) is 45.3 Å². The largest absolute Gasteiger partial charge is 0.380 e. The minimum atomic E-state index is 0.212.